The van der Waals surface area contributed by atoms with Gasteiger partial charge in [-0.1, -0.05) is 0 Å². The molecule has 16 heavy (non-hydrogen) atoms. The molecule has 1 aromatic carbocycles. The minimum Gasteiger partial charge on any atom is -0.494 e. The minimum absolute atomic E-state index is 0.234. The number of urea groups is 1. The van der Waals surface area contributed by atoms with E-state index in [4.69, 9.17) is 5.84 Å². The number of ether oxygens (including phenoxy) is 1. The topological polar surface area (TPSA) is 67.6 Å². The third-order valence-corrected chi connectivity index (χ3v) is 2.01. The Bertz CT molecular complexity index is 412. The predicted molar refractivity (Wildman–Crippen MR) is 54.0 cm³/mol. The molecule has 88 valence electrons. The molecule has 0 atom stereocenters. The molecule has 2 amide bonds. The zero-order valence-electron chi connectivity index (χ0n) is 8.75. The van der Waals surface area contributed by atoms with E-state index in [1.54, 1.807) is 5.43 Å². The third-order valence-electron chi connectivity index (χ3n) is 2.01. The van der Waals surface area contributed by atoms with E-state index in [-0.39, 0.29) is 11.4 Å². The summed E-state index contributed by atoms with van der Waals surface area (Å²) in [6, 6.07) is 0.942. The van der Waals surface area contributed by atoms with Crippen molar-refractivity contribution < 1.29 is 18.3 Å². The molecule has 0 fully saturated rings. The largest absolute Gasteiger partial charge is 0.494 e. The number of nitrogens with one attached hydrogen (secondary N) is 1. The molecule has 0 heterocycles. The van der Waals surface area contributed by atoms with Crippen molar-refractivity contribution in [3.63, 3.8) is 0 Å². The van der Waals surface area contributed by atoms with Crippen LogP contribution in [0.4, 0.5) is 19.3 Å². The lowest BCUT2D eigenvalue weighted by molar-refractivity contribution is 0.247. The lowest BCUT2D eigenvalue weighted by Gasteiger charge is -2.17. The first-order chi connectivity index (χ1) is 7.51. The van der Waals surface area contributed by atoms with Crippen LogP contribution >= 0.6 is 0 Å². The van der Waals surface area contributed by atoms with Crippen molar-refractivity contribution in [2.45, 2.75) is 0 Å². The summed E-state index contributed by atoms with van der Waals surface area (Å²) in [7, 11) is 2.47. The summed E-state index contributed by atoms with van der Waals surface area (Å²) in [5, 5.41) is 0. The molecular weight excluding hydrogens is 220 g/mol. The molecular formula is C9H11F2N3O2. The first-order valence-corrected chi connectivity index (χ1v) is 4.28. The summed E-state index contributed by atoms with van der Waals surface area (Å²) < 4.78 is 31.3. The number of anilines is 1. The second-order valence-electron chi connectivity index (χ2n) is 2.95. The van der Waals surface area contributed by atoms with Gasteiger partial charge in [0.25, 0.3) is 0 Å². The van der Waals surface area contributed by atoms with Crippen molar-refractivity contribution in [3.05, 3.63) is 23.8 Å². The summed E-state index contributed by atoms with van der Waals surface area (Å²) in [4.78, 5) is 11.9. The van der Waals surface area contributed by atoms with E-state index in [1.807, 2.05) is 0 Å². The Morgan fingerprint density at radius 1 is 1.44 bits per heavy atom. The number of hydrogen-bond acceptors (Lipinski definition) is 3. The highest BCUT2D eigenvalue weighted by Crippen LogP contribution is 2.26. The minimum atomic E-state index is -0.788. The Hall–Kier alpha value is -1.89. The quantitative estimate of drug-likeness (QED) is 0.453. The monoisotopic (exact) mass is 231 g/mol. The van der Waals surface area contributed by atoms with Crippen molar-refractivity contribution in [2.24, 2.45) is 5.84 Å². The van der Waals surface area contributed by atoms with Gasteiger partial charge in [-0.2, -0.15) is 0 Å². The van der Waals surface area contributed by atoms with Crippen LogP contribution in [0.1, 0.15) is 0 Å². The fourth-order valence-electron chi connectivity index (χ4n) is 1.14. The van der Waals surface area contributed by atoms with Gasteiger partial charge in [-0.3, -0.25) is 10.3 Å². The Balaban J connectivity index is 3.15. The fourth-order valence-corrected chi connectivity index (χ4v) is 1.14. The zero-order chi connectivity index (χ0) is 12.3. The van der Waals surface area contributed by atoms with Gasteiger partial charge in [0.1, 0.15) is 0 Å². The van der Waals surface area contributed by atoms with Gasteiger partial charge in [0, 0.05) is 19.2 Å². The van der Waals surface area contributed by atoms with Gasteiger partial charge >= 0.3 is 6.03 Å². The lowest BCUT2D eigenvalue weighted by atomic mass is 10.2. The average Bonchev–Trinajstić information content (AvgIpc) is 2.29. The number of nitrogens with zero attached hydrogens (tertiary/aromatic N) is 1. The standard InChI is InChI=1S/C9H11F2N3O2/c1-14(9(15)13-12)7-3-6(11)8(16-2)4-5(7)10/h3-4H,12H2,1-2H3,(H,13,15). The van der Waals surface area contributed by atoms with Crippen LogP contribution in [-0.2, 0) is 0 Å². The molecule has 7 heteroatoms. The van der Waals surface area contributed by atoms with Crippen LogP contribution in [0, 0.1) is 11.6 Å². The van der Waals surface area contributed by atoms with Crippen molar-refractivity contribution in [1.29, 1.82) is 0 Å². The summed E-state index contributed by atoms with van der Waals surface area (Å²) in [5.41, 5.74) is 1.57. The molecule has 0 aliphatic rings. The second-order valence-corrected chi connectivity index (χ2v) is 2.95. The number of rotatable bonds is 2. The van der Waals surface area contributed by atoms with Crippen molar-refractivity contribution in [2.75, 3.05) is 19.1 Å². The maximum absolute atomic E-state index is 13.5. The molecule has 1 rings (SSSR count). The highest BCUT2D eigenvalue weighted by atomic mass is 19.1. The van der Waals surface area contributed by atoms with Crippen LogP contribution < -0.4 is 20.9 Å². The van der Waals surface area contributed by atoms with Crippen LogP contribution in [0.5, 0.6) is 5.75 Å². The molecule has 0 aromatic heterocycles. The van der Waals surface area contributed by atoms with Crippen LogP contribution in [0.15, 0.2) is 12.1 Å². The number of hydrazine groups is 1. The SMILES string of the molecule is COc1cc(F)c(N(C)C(=O)NN)cc1F. The predicted octanol–water partition coefficient (Wildman–Crippen LogP) is 0.993. The number of nitrogens with two attached hydrogens (primary N) is 1. The number of carbonyl (C=O) groups is 1. The average molecular weight is 231 g/mol. The number of halogens is 2. The molecule has 0 saturated heterocycles. The van der Waals surface area contributed by atoms with Gasteiger partial charge in [0.15, 0.2) is 17.4 Å². The van der Waals surface area contributed by atoms with Gasteiger partial charge in [-0.15, -0.1) is 0 Å². The first kappa shape index (κ1) is 12.2. The fraction of sp³-hybridized carbons (Fsp3) is 0.222. The third kappa shape index (κ3) is 2.19. The van der Waals surface area contributed by atoms with Gasteiger partial charge < -0.3 is 4.74 Å². The lowest BCUT2D eigenvalue weighted by Crippen LogP contribution is -2.41. The second kappa shape index (κ2) is 4.75. The first-order valence-electron chi connectivity index (χ1n) is 4.28. The number of carbonyl (C=O) groups excluding carboxylic acids is 1. The molecule has 0 radical (unpaired) electrons. The number of methoxy groups -OCH3 is 1. The Kier molecular flexibility index (Phi) is 3.62. The normalized spacial score (nSPS) is 9.81. The molecule has 5 nitrogen and oxygen atoms in total. The Morgan fingerprint density at radius 3 is 2.56 bits per heavy atom. The van der Waals surface area contributed by atoms with Crippen LogP contribution in [0.2, 0.25) is 0 Å². The van der Waals surface area contributed by atoms with Crippen molar-refractivity contribution in [3.8, 4) is 5.75 Å². The van der Waals surface area contributed by atoms with E-state index in [9.17, 15) is 13.6 Å². The molecule has 0 saturated carbocycles. The molecule has 0 spiro atoms. The van der Waals surface area contributed by atoms with E-state index >= 15 is 0 Å². The van der Waals surface area contributed by atoms with Crippen LogP contribution in [-0.4, -0.2) is 20.2 Å². The molecule has 3 N–H and O–H groups in total. The van der Waals surface area contributed by atoms with E-state index in [2.05, 4.69) is 4.74 Å². The van der Waals surface area contributed by atoms with Crippen molar-refractivity contribution >= 4 is 11.7 Å². The summed E-state index contributed by atoms with van der Waals surface area (Å²) in [6.07, 6.45) is 0. The van der Waals surface area contributed by atoms with E-state index in [0.29, 0.717) is 0 Å². The summed E-state index contributed by atoms with van der Waals surface area (Å²) in [5.74, 6) is 3.08. The summed E-state index contributed by atoms with van der Waals surface area (Å²) >= 11 is 0. The molecule has 0 aliphatic heterocycles. The van der Waals surface area contributed by atoms with Crippen LogP contribution in [0.25, 0.3) is 0 Å². The zero-order valence-corrected chi connectivity index (χ0v) is 8.75. The Labute approximate surface area is 90.8 Å². The number of hydrogen-bond donors (Lipinski definition) is 2. The smallest absolute Gasteiger partial charge is 0.335 e. The van der Waals surface area contributed by atoms with Gasteiger partial charge in [-0.05, 0) is 0 Å². The van der Waals surface area contributed by atoms with E-state index in [0.717, 1.165) is 17.0 Å². The van der Waals surface area contributed by atoms with Crippen molar-refractivity contribution in [1.82, 2.24) is 5.43 Å². The highest BCUT2D eigenvalue weighted by molar-refractivity contribution is 5.91. The maximum atomic E-state index is 13.5. The molecule has 0 unspecified atom stereocenters. The summed E-state index contributed by atoms with van der Waals surface area (Å²) in [6.45, 7) is 0. The van der Waals surface area contributed by atoms with E-state index < -0.39 is 17.7 Å². The van der Waals surface area contributed by atoms with Gasteiger partial charge in [0.2, 0.25) is 0 Å². The number of amides is 2. The molecule has 1 aromatic rings. The number of benzene rings is 1. The highest BCUT2D eigenvalue weighted by Gasteiger charge is 2.17. The Morgan fingerprint density at radius 2 is 2.06 bits per heavy atom. The van der Waals surface area contributed by atoms with Gasteiger partial charge in [0.05, 0.1) is 12.8 Å². The maximum Gasteiger partial charge on any atom is 0.335 e. The molecule has 0 aliphatic carbocycles. The van der Waals surface area contributed by atoms with E-state index in [1.165, 1.54) is 14.2 Å². The van der Waals surface area contributed by atoms with Gasteiger partial charge in [-0.25, -0.2) is 19.4 Å². The van der Waals surface area contributed by atoms with Crippen LogP contribution in [0.3, 0.4) is 0 Å². The molecule has 0 bridgehead atoms.